The molecule has 0 saturated carbocycles. The van der Waals surface area contributed by atoms with Crippen molar-refractivity contribution in [2.24, 2.45) is 0 Å². The lowest BCUT2D eigenvalue weighted by Gasteiger charge is -2.08. The smallest absolute Gasteiger partial charge is 0.206 e. The minimum absolute atomic E-state index is 0.400. The summed E-state index contributed by atoms with van der Waals surface area (Å²) >= 11 is 0. The van der Waals surface area contributed by atoms with Crippen LogP contribution in [0.4, 0.5) is 8.78 Å². The molecule has 0 heterocycles. The Balaban J connectivity index is 2.13. The summed E-state index contributed by atoms with van der Waals surface area (Å²) < 4.78 is 32.1. The number of para-hydroxylation sites is 1. The molecule has 0 aromatic heterocycles. The van der Waals surface area contributed by atoms with Crippen molar-refractivity contribution in [2.75, 3.05) is 6.61 Å². The molecule has 0 N–H and O–H groups in total. The van der Waals surface area contributed by atoms with Crippen LogP contribution in [0.1, 0.15) is 15.9 Å². The van der Waals surface area contributed by atoms with E-state index in [1.807, 2.05) is 19.1 Å². The lowest BCUT2D eigenvalue weighted by Crippen LogP contribution is -2.15. The minimum Gasteiger partial charge on any atom is -0.485 e. The van der Waals surface area contributed by atoms with Crippen LogP contribution in [-0.4, -0.2) is 12.4 Å². The molecule has 2 nitrogen and oxygen atoms in total. The van der Waals surface area contributed by atoms with Gasteiger partial charge in [-0.3, -0.25) is 4.79 Å². The van der Waals surface area contributed by atoms with Crippen LogP contribution >= 0.6 is 0 Å². The number of hydrogen-bond acceptors (Lipinski definition) is 2. The van der Waals surface area contributed by atoms with E-state index in [9.17, 15) is 13.6 Å². The lowest BCUT2D eigenvalue weighted by atomic mass is 10.1. The Morgan fingerprint density at radius 3 is 2.32 bits per heavy atom. The van der Waals surface area contributed by atoms with E-state index >= 15 is 0 Å². The molecule has 0 bridgehead atoms. The van der Waals surface area contributed by atoms with E-state index < -0.39 is 29.6 Å². The molecule has 0 radical (unpaired) electrons. The van der Waals surface area contributed by atoms with Crippen molar-refractivity contribution in [1.29, 1.82) is 0 Å². The number of carbonyl (C=O) groups excluding carboxylic acids is 1. The monoisotopic (exact) mass is 262 g/mol. The first-order valence-corrected chi connectivity index (χ1v) is 5.75. The molecule has 0 aliphatic carbocycles. The minimum atomic E-state index is -0.876. The number of carbonyl (C=O) groups is 1. The van der Waals surface area contributed by atoms with E-state index in [1.165, 1.54) is 6.07 Å². The lowest BCUT2D eigenvalue weighted by molar-refractivity contribution is 0.0912. The Morgan fingerprint density at radius 1 is 1.05 bits per heavy atom. The number of rotatable bonds is 4. The number of aryl methyl sites for hydroxylation is 1. The van der Waals surface area contributed by atoms with Crippen LogP contribution in [0.15, 0.2) is 42.5 Å². The first kappa shape index (κ1) is 13.2. The zero-order chi connectivity index (χ0) is 13.8. The van der Waals surface area contributed by atoms with Gasteiger partial charge in [0.1, 0.15) is 17.4 Å². The molecule has 0 aliphatic rings. The summed E-state index contributed by atoms with van der Waals surface area (Å²) in [4.78, 5) is 11.8. The topological polar surface area (TPSA) is 26.3 Å². The van der Waals surface area contributed by atoms with Crippen molar-refractivity contribution in [3.8, 4) is 5.75 Å². The van der Waals surface area contributed by atoms with E-state index in [-0.39, 0.29) is 0 Å². The van der Waals surface area contributed by atoms with Crippen molar-refractivity contribution in [3.05, 3.63) is 65.2 Å². The van der Waals surface area contributed by atoms with Crippen molar-refractivity contribution in [1.82, 2.24) is 0 Å². The van der Waals surface area contributed by atoms with E-state index in [1.54, 1.807) is 12.1 Å². The Kier molecular flexibility index (Phi) is 3.90. The van der Waals surface area contributed by atoms with Crippen LogP contribution in [0, 0.1) is 18.6 Å². The number of Topliss-reactive ketones (excluding diaryl/α,β-unsaturated/α-hetero) is 1. The van der Waals surface area contributed by atoms with Crippen LogP contribution in [0.5, 0.6) is 5.75 Å². The Bertz CT molecular complexity index is 589. The fraction of sp³-hybridized carbons (Fsp3) is 0.133. The molecule has 4 heteroatoms. The number of benzene rings is 2. The van der Waals surface area contributed by atoms with Crippen molar-refractivity contribution >= 4 is 5.78 Å². The predicted octanol–water partition coefficient (Wildman–Crippen LogP) is 3.53. The molecule has 0 amide bonds. The van der Waals surface area contributed by atoms with Gasteiger partial charge in [0.15, 0.2) is 6.61 Å². The van der Waals surface area contributed by atoms with E-state index in [0.717, 1.165) is 17.7 Å². The molecule has 19 heavy (non-hydrogen) atoms. The summed E-state index contributed by atoms with van der Waals surface area (Å²) in [5.74, 6) is -1.96. The second kappa shape index (κ2) is 5.61. The standard InChI is InChI=1S/C15H12F2O2/c1-10-5-2-3-8-14(10)19-9-13(18)15-11(16)6-4-7-12(15)17/h2-8H,9H2,1H3. The molecule has 98 valence electrons. The van der Waals surface area contributed by atoms with Crippen molar-refractivity contribution in [2.45, 2.75) is 6.92 Å². The average Bonchev–Trinajstić information content (AvgIpc) is 2.37. The number of ketones is 1. The normalized spacial score (nSPS) is 10.3. The molecule has 2 aromatic carbocycles. The second-order valence-electron chi connectivity index (χ2n) is 4.07. The Hall–Kier alpha value is -2.23. The third-order valence-electron chi connectivity index (χ3n) is 2.69. The molecule has 0 unspecified atom stereocenters. The number of hydrogen-bond donors (Lipinski definition) is 0. The molecule has 0 fully saturated rings. The molecule has 2 aromatic rings. The summed E-state index contributed by atoms with van der Waals surface area (Å²) in [6, 6.07) is 10.4. The maximum atomic E-state index is 13.4. The molecular formula is C15H12F2O2. The molecule has 2 rings (SSSR count). The van der Waals surface area contributed by atoms with Gasteiger partial charge in [0, 0.05) is 0 Å². The summed E-state index contributed by atoms with van der Waals surface area (Å²) in [6.45, 7) is 1.42. The van der Waals surface area contributed by atoms with Gasteiger partial charge >= 0.3 is 0 Å². The highest BCUT2D eigenvalue weighted by atomic mass is 19.1. The summed E-state index contributed by atoms with van der Waals surface area (Å²) in [6.07, 6.45) is 0. The zero-order valence-corrected chi connectivity index (χ0v) is 10.3. The molecular weight excluding hydrogens is 250 g/mol. The van der Waals surface area contributed by atoms with E-state index in [0.29, 0.717) is 5.75 Å². The largest absolute Gasteiger partial charge is 0.485 e. The van der Waals surface area contributed by atoms with Crippen LogP contribution in [0.25, 0.3) is 0 Å². The SMILES string of the molecule is Cc1ccccc1OCC(=O)c1c(F)cccc1F. The van der Waals surface area contributed by atoms with Gasteiger partial charge in [0.05, 0.1) is 5.56 Å². The van der Waals surface area contributed by atoms with Gasteiger partial charge in [0.2, 0.25) is 5.78 Å². The van der Waals surface area contributed by atoms with Crippen LogP contribution in [0.3, 0.4) is 0 Å². The van der Waals surface area contributed by atoms with Gasteiger partial charge in [-0.05, 0) is 30.7 Å². The zero-order valence-electron chi connectivity index (χ0n) is 10.3. The maximum absolute atomic E-state index is 13.4. The quantitative estimate of drug-likeness (QED) is 0.788. The summed E-state index contributed by atoms with van der Waals surface area (Å²) in [5.41, 5.74) is 0.292. The van der Waals surface area contributed by atoms with Gasteiger partial charge in [-0.25, -0.2) is 8.78 Å². The summed E-state index contributed by atoms with van der Waals surface area (Å²) in [7, 11) is 0. The fourth-order valence-corrected chi connectivity index (χ4v) is 1.70. The first-order chi connectivity index (χ1) is 9.09. The highest BCUT2D eigenvalue weighted by Gasteiger charge is 2.17. The molecule has 0 aliphatic heterocycles. The van der Waals surface area contributed by atoms with Gasteiger partial charge in [0.25, 0.3) is 0 Å². The third-order valence-corrected chi connectivity index (χ3v) is 2.69. The van der Waals surface area contributed by atoms with Gasteiger partial charge < -0.3 is 4.74 Å². The van der Waals surface area contributed by atoms with Gasteiger partial charge in [-0.15, -0.1) is 0 Å². The Labute approximate surface area is 109 Å². The number of halogens is 2. The third kappa shape index (κ3) is 2.96. The predicted molar refractivity (Wildman–Crippen MR) is 67.4 cm³/mol. The highest BCUT2D eigenvalue weighted by molar-refractivity contribution is 5.97. The van der Waals surface area contributed by atoms with Crippen LogP contribution < -0.4 is 4.74 Å². The summed E-state index contributed by atoms with van der Waals surface area (Å²) in [5, 5.41) is 0. The molecule has 0 spiro atoms. The van der Waals surface area contributed by atoms with Gasteiger partial charge in [-0.2, -0.15) is 0 Å². The average molecular weight is 262 g/mol. The maximum Gasteiger partial charge on any atom is 0.206 e. The van der Waals surface area contributed by atoms with Gasteiger partial charge in [-0.1, -0.05) is 24.3 Å². The van der Waals surface area contributed by atoms with Crippen molar-refractivity contribution < 1.29 is 18.3 Å². The van der Waals surface area contributed by atoms with Crippen LogP contribution in [-0.2, 0) is 0 Å². The molecule has 0 saturated heterocycles. The van der Waals surface area contributed by atoms with Crippen molar-refractivity contribution in [3.63, 3.8) is 0 Å². The molecule has 0 atom stereocenters. The fourth-order valence-electron chi connectivity index (χ4n) is 1.70. The highest BCUT2D eigenvalue weighted by Crippen LogP contribution is 2.18. The number of ether oxygens (including phenoxy) is 1. The second-order valence-corrected chi connectivity index (χ2v) is 4.07. The van der Waals surface area contributed by atoms with Crippen LogP contribution in [0.2, 0.25) is 0 Å². The van der Waals surface area contributed by atoms with E-state index in [2.05, 4.69) is 0 Å². The first-order valence-electron chi connectivity index (χ1n) is 5.75. The van der Waals surface area contributed by atoms with E-state index in [4.69, 9.17) is 4.74 Å². The Morgan fingerprint density at radius 2 is 1.68 bits per heavy atom.